The summed E-state index contributed by atoms with van der Waals surface area (Å²) in [5, 5.41) is 6.60. The normalized spacial score (nSPS) is 33.9. The summed E-state index contributed by atoms with van der Waals surface area (Å²) < 4.78 is 10.7. The van der Waals surface area contributed by atoms with Crippen molar-refractivity contribution in [2.75, 3.05) is 6.61 Å². The highest BCUT2D eigenvalue weighted by Gasteiger charge is 2.70. The lowest BCUT2D eigenvalue weighted by atomic mass is 9.46. The Kier molecular flexibility index (Phi) is 3.29. The molecule has 116 valence electrons. The van der Waals surface area contributed by atoms with Crippen molar-refractivity contribution in [1.82, 2.24) is 15.5 Å². The minimum absolute atomic E-state index is 0.0643. The summed E-state index contributed by atoms with van der Waals surface area (Å²) in [7, 11) is 0. The molecule has 3 rings (SSSR count). The summed E-state index contributed by atoms with van der Waals surface area (Å²) in [6.45, 7) is 6.69. The summed E-state index contributed by atoms with van der Waals surface area (Å²) in [5.74, 6) is 0.847. The highest BCUT2D eigenvalue weighted by Crippen LogP contribution is 2.57. The van der Waals surface area contributed by atoms with Gasteiger partial charge in [-0.3, -0.25) is 4.79 Å². The number of fused-ring (bicyclic) bond motifs is 1. The zero-order valence-electron chi connectivity index (χ0n) is 12.7. The summed E-state index contributed by atoms with van der Waals surface area (Å²) in [6.07, 6.45) is 1.95. The molecule has 1 saturated heterocycles. The standard InChI is InChI=1S/C14H22N4O3/c1-8-17-10(18-21-8)7-16-12(19)14(15)9-5-4-6-20-11(9)13(14,2)3/h9,11H,4-7,15H2,1-3H3,(H,16,19). The van der Waals surface area contributed by atoms with Crippen LogP contribution in [0.4, 0.5) is 0 Å². The average Bonchev–Trinajstić information content (AvgIpc) is 2.89. The second-order valence-electron chi connectivity index (χ2n) is 6.54. The summed E-state index contributed by atoms with van der Waals surface area (Å²) in [4.78, 5) is 16.7. The van der Waals surface area contributed by atoms with Gasteiger partial charge in [0.15, 0.2) is 5.82 Å². The van der Waals surface area contributed by atoms with Crippen molar-refractivity contribution in [3.63, 3.8) is 0 Å². The molecule has 7 heteroatoms. The van der Waals surface area contributed by atoms with Gasteiger partial charge in [-0.15, -0.1) is 0 Å². The molecular weight excluding hydrogens is 272 g/mol. The third-order valence-electron chi connectivity index (χ3n) is 5.04. The lowest BCUT2D eigenvalue weighted by Gasteiger charge is -2.65. The molecular formula is C14H22N4O3. The van der Waals surface area contributed by atoms with E-state index >= 15 is 0 Å². The first-order valence-electron chi connectivity index (χ1n) is 7.35. The Hall–Kier alpha value is -1.47. The van der Waals surface area contributed by atoms with Crippen LogP contribution in [0.25, 0.3) is 0 Å². The van der Waals surface area contributed by atoms with Crippen LogP contribution in [0.3, 0.4) is 0 Å². The molecule has 0 radical (unpaired) electrons. The van der Waals surface area contributed by atoms with E-state index < -0.39 is 5.54 Å². The van der Waals surface area contributed by atoms with Crippen LogP contribution in [0.15, 0.2) is 4.52 Å². The molecule has 2 aliphatic rings. The molecule has 0 spiro atoms. The summed E-state index contributed by atoms with van der Waals surface area (Å²) >= 11 is 0. The van der Waals surface area contributed by atoms with Crippen molar-refractivity contribution in [2.24, 2.45) is 17.1 Å². The Balaban J connectivity index is 1.70. The second kappa shape index (κ2) is 4.78. The van der Waals surface area contributed by atoms with Gasteiger partial charge in [0.05, 0.1) is 12.6 Å². The first kappa shape index (κ1) is 14.5. The molecule has 1 saturated carbocycles. The number of carbonyl (C=O) groups is 1. The lowest BCUT2D eigenvalue weighted by molar-refractivity contribution is -0.225. The number of rotatable bonds is 3. The molecule has 21 heavy (non-hydrogen) atoms. The minimum atomic E-state index is -0.906. The van der Waals surface area contributed by atoms with Crippen LogP contribution in [0.2, 0.25) is 0 Å². The monoisotopic (exact) mass is 294 g/mol. The molecule has 1 aliphatic carbocycles. The molecule has 1 amide bonds. The maximum absolute atomic E-state index is 12.6. The SMILES string of the molecule is Cc1nc(CNC(=O)C2(N)C3CCCOC3C2(C)C)no1. The zero-order valence-corrected chi connectivity index (χ0v) is 12.7. The predicted octanol–water partition coefficient (Wildman–Crippen LogP) is 0.527. The Labute approximate surface area is 123 Å². The topological polar surface area (TPSA) is 103 Å². The predicted molar refractivity (Wildman–Crippen MR) is 74.0 cm³/mol. The number of aryl methyl sites for hydroxylation is 1. The van der Waals surface area contributed by atoms with Crippen molar-refractivity contribution < 1.29 is 14.1 Å². The van der Waals surface area contributed by atoms with E-state index in [9.17, 15) is 4.79 Å². The number of ether oxygens (including phenoxy) is 1. The highest BCUT2D eigenvalue weighted by molar-refractivity contribution is 5.89. The first-order chi connectivity index (χ1) is 9.87. The maximum atomic E-state index is 12.6. The fourth-order valence-electron chi connectivity index (χ4n) is 3.76. The number of aromatic nitrogens is 2. The molecule has 7 nitrogen and oxygen atoms in total. The van der Waals surface area contributed by atoms with E-state index in [-0.39, 0.29) is 29.9 Å². The smallest absolute Gasteiger partial charge is 0.241 e. The van der Waals surface area contributed by atoms with Crippen molar-refractivity contribution in [3.8, 4) is 0 Å². The fraction of sp³-hybridized carbons (Fsp3) is 0.786. The molecule has 0 bridgehead atoms. The number of nitrogens with one attached hydrogen (secondary N) is 1. The average molecular weight is 294 g/mol. The number of carbonyl (C=O) groups excluding carboxylic acids is 1. The molecule has 1 aromatic heterocycles. The van der Waals surface area contributed by atoms with Crippen LogP contribution < -0.4 is 11.1 Å². The van der Waals surface area contributed by atoms with Crippen LogP contribution >= 0.6 is 0 Å². The van der Waals surface area contributed by atoms with Gasteiger partial charge in [-0.05, 0) is 12.8 Å². The van der Waals surface area contributed by atoms with Crippen molar-refractivity contribution in [1.29, 1.82) is 0 Å². The van der Waals surface area contributed by atoms with E-state index in [0.29, 0.717) is 11.7 Å². The Morgan fingerprint density at radius 1 is 1.52 bits per heavy atom. The Morgan fingerprint density at radius 3 is 2.95 bits per heavy atom. The van der Waals surface area contributed by atoms with Crippen LogP contribution in [-0.4, -0.2) is 34.3 Å². The van der Waals surface area contributed by atoms with Gasteiger partial charge in [0.25, 0.3) is 0 Å². The largest absolute Gasteiger partial charge is 0.377 e. The van der Waals surface area contributed by atoms with Crippen LogP contribution in [0.1, 0.15) is 38.4 Å². The molecule has 1 aromatic rings. The van der Waals surface area contributed by atoms with Gasteiger partial charge in [-0.1, -0.05) is 19.0 Å². The fourth-order valence-corrected chi connectivity index (χ4v) is 3.76. The van der Waals surface area contributed by atoms with E-state index in [4.69, 9.17) is 15.0 Å². The van der Waals surface area contributed by atoms with E-state index in [1.54, 1.807) is 6.92 Å². The van der Waals surface area contributed by atoms with Gasteiger partial charge in [0.2, 0.25) is 11.8 Å². The number of hydrogen-bond acceptors (Lipinski definition) is 6. The molecule has 3 unspecified atom stereocenters. The highest BCUT2D eigenvalue weighted by atomic mass is 16.5. The molecule has 2 fully saturated rings. The summed E-state index contributed by atoms with van der Waals surface area (Å²) in [5.41, 5.74) is 5.21. The number of nitrogens with zero attached hydrogens (tertiary/aromatic N) is 2. The van der Waals surface area contributed by atoms with Crippen molar-refractivity contribution >= 4 is 5.91 Å². The third kappa shape index (κ3) is 1.98. The van der Waals surface area contributed by atoms with Gasteiger partial charge >= 0.3 is 0 Å². The Morgan fingerprint density at radius 2 is 2.29 bits per heavy atom. The number of hydrogen-bond donors (Lipinski definition) is 2. The van der Waals surface area contributed by atoms with E-state index in [1.807, 2.05) is 13.8 Å². The summed E-state index contributed by atoms with van der Waals surface area (Å²) in [6, 6.07) is 0. The minimum Gasteiger partial charge on any atom is -0.377 e. The quantitative estimate of drug-likeness (QED) is 0.842. The second-order valence-corrected chi connectivity index (χ2v) is 6.54. The molecule has 3 N–H and O–H groups in total. The lowest BCUT2D eigenvalue weighted by Crippen LogP contribution is -2.82. The number of nitrogens with two attached hydrogens (primary N) is 1. The molecule has 0 aromatic carbocycles. The van der Waals surface area contributed by atoms with Crippen LogP contribution in [0.5, 0.6) is 0 Å². The van der Waals surface area contributed by atoms with Crippen molar-refractivity contribution in [3.05, 3.63) is 11.7 Å². The van der Waals surface area contributed by atoms with Gasteiger partial charge in [-0.2, -0.15) is 4.98 Å². The van der Waals surface area contributed by atoms with E-state index in [2.05, 4.69) is 15.5 Å². The molecule has 1 aliphatic heterocycles. The Bertz CT molecular complexity index is 556. The maximum Gasteiger partial charge on any atom is 0.241 e. The van der Waals surface area contributed by atoms with Gasteiger partial charge in [0, 0.05) is 24.9 Å². The molecule has 3 atom stereocenters. The van der Waals surface area contributed by atoms with Crippen LogP contribution in [-0.2, 0) is 16.1 Å². The van der Waals surface area contributed by atoms with E-state index in [0.717, 1.165) is 19.4 Å². The van der Waals surface area contributed by atoms with Gasteiger partial charge in [0.1, 0.15) is 5.54 Å². The number of amides is 1. The van der Waals surface area contributed by atoms with Crippen LogP contribution in [0, 0.1) is 18.3 Å². The van der Waals surface area contributed by atoms with Gasteiger partial charge < -0.3 is 20.3 Å². The zero-order chi connectivity index (χ0) is 15.3. The van der Waals surface area contributed by atoms with E-state index in [1.165, 1.54) is 0 Å². The first-order valence-corrected chi connectivity index (χ1v) is 7.35. The van der Waals surface area contributed by atoms with Gasteiger partial charge in [-0.25, -0.2) is 0 Å². The van der Waals surface area contributed by atoms with Crippen molar-refractivity contribution in [2.45, 2.75) is 51.8 Å². The molecule has 2 heterocycles. The third-order valence-corrected chi connectivity index (χ3v) is 5.04.